The molecular weight excluding hydrogens is 160 g/mol. The first-order chi connectivity index (χ1) is 6.10. The maximum Gasteiger partial charge on any atom is 0.0150 e. The first kappa shape index (κ1) is 11.0. The topological polar surface area (TPSA) is 15.3 Å². The quantitative estimate of drug-likeness (QED) is 0.720. The molecule has 0 aromatic carbocycles. The van der Waals surface area contributed by atoms with E-state index >= 15 is 0 Å². The first-order valence-corrected chi connectivity index (χ1v) is 5.52. The lowest BCUT2D eigenvalue weighted by atomic mass is 9.94. The molecule has 1 rings (SSSR count). The number of nitrogens with zero attached hydrogens (tertiary/aromatic N) is 1. The third-order valence-electron chi connectivity index (χ3n) is 3.62. The summed E-state index contributed by atoms with van der Waals surface area (Å²) in [5.74, 6) is 0. The van der Waals surface area contributed by atoms with Gasteiger partial charge in [0.1, 0.15) is 0 Å². The van der Waals surface area contributed by atoms with Gasteiger partial charge < -0.3 is 5.32 Å². The second-order valence-corrected chi connectivity index (χ2v) is 4.72. The summed E-state index contributed by atoms with van der Waals surface area (Å²) in [6.45, 7) is 9.50. The molecule has 0 unspecified atom stereocenters. The second-order valence-electron chi connectivity index (χ2n) is 4.72. The normalized spacial score (nSPS) is 22.2. The van der Waals surface area contributed by atoms with Gasteiger partial charge in [0.25, 0.3) is 0 Å². The lowest BCUT2D eigenvalue weighted by molar-refractivity contribution is 0.0811. The predicted octanol–water partition coefficient (Wildman–Crippen LogP) is 1.86. The Balaban J connectivity index is 2.40. The van der Waals surface area contributed by atoms with E-state index < -0.39 is 0 Å². The van der Waals surface area contributed by atoms with Crippen LogP contribution in [-0.2, 0) is 0 Å². The van der Waals surface area contributed by atoms with Gasteiger partial charge in [-0.2, -0.15) is 0 Å². The fourth-order valence-corrected chi connectivity index (χ4v) is 2.00. The minimum absolute atomic E-state index is 0.401. The van der Waals surface area contributed by atoms with Crippen molar-refractivity contribution in [2.75, 3.05) is 20.1 Å². The van der Waals surface area contributed by atoms with E-state index in [0.717, 1.165) is 6.04 Å². The Kier molecular flexibility index (Phi) is 3.74. The fraction of sp³-hybridized carbons (Fsp3) is 1.00. The van der Waals surface area contributed by atoms with Gasteiger partial charge in [0.15, 0.2) is 0 Å². The summed E-state index contributed by atoms with van der Waals surface area (Å²) in [7, 11) is 2.07. The highest BCUT2D eigenvalue weighted by atomic mass is 15.2. The van der Waals surface area contributed by atoms with Gasteiger partial charge in [-0.15, -0.1) is 0 Å². The Bertz CT molecular complexity index is 146. The Morgan fingerprint density at radius 1 is 1.31 bits per heavy atom. The Hall–Kier alpha value is -0.0800. The number of nitrogens with one attached hydrogen (secondary N) is 1. The lowest BCUT2D eigenvalue weighted by Gasteiger charge is -2.42. The van der Waals surface area contributed by atoms with Crippen molar-refractivity contribution in [3.8, 4) is 0 Å². The van der Waals surface area contributed by atoms with E-state index in [1.807, 2.05) is 0 Å². The Morgan fingerprint density at radius 3 is 2.23 bits per heavy atom. The van der Waals surface area contributed by atoms with Crippen LogP contribution in [0.1, 0.15) is 40.0 Å². The Morgan fingerprint density at radius 2 is 1.85 bits per heavy atom. The van der Waals surface area contributed by atoms with Crippen molar-refractivity contribution in [3.63, 3.8) is 0 Å². The van der Waals surface area contributed by atoms with Crippen LogP contribution in [0.15, 0.2) is 0 Å². The fourth-order valence-electron chi connectivity index (χ4n) is 2.00. The number of piperidine rings is 1. The summed E-state index contributed by atoms with van der Waals surface area (Å²) in [5, 5.41) is 3.37. The number of likely N-dealkylation sites (tertiary alicyclic amines) is 1. The molecule has 0 spiro atoms. The van der Waals surface area contributed by atoms with E-state index in [2.05, 4.69) is 38.0 Å². The van der Waals surface area contributed by atoms with Crippen molar-refractivity contribution >= 4 is 0 Å². The molecule has 78 valence electrons. The van der Waals surface area contributed by atoms with Gasteiger partial charge in [0, 0.05) is 24.7 Å². The van der Waals surface area contributed by atoms with E-state index in [9.17, 15) is 0 Å². The average molecular weight is 184 g/mol. The summed E-state index contributed by atoms with van der Waals surface area (Å²) in [5.41, 5.74) is 0.401. The molecule has 0 aromatic rings. The minimum atomic E-state index is 0.401. The molecule has 0 aromatic heterocycles. The third-order valence-corrected chi connectivity index (χ3v) is 3.62. The van der Waals surface area contributed by atoms with Crippen molar-refractivity contribution in [1.29, 1.82) is 0 Å². The highest BCUT2D eigenvalue weighted by molar-refractivity contribution is 4.85. The van der Waals surface area contributed by atoms with E-state index in [-0.39, 0.29) is 0 Å². The summed E-state index contributed by atoms with van der Waals surface area (Å²) < 4.78 is 0. The van der Waals surface area contributed by atoms with Crippen molar-refractivity contribution in [2.24, 2.45) is 0 Å². The van der Waals surface area contributed by atoms with Gasteiger partial charge in [0.2, 0.25) is 0 Å². The molecule has 0 bridgehead atoms. The monoisotopic (exact) mass is 184 g/mol. The van der Waals surface area contributed by atoms with Gasteiger partial charge in [-0.3, -0.25) is 4.90 Å². The molecule has 1 aliphatic heterocycles. The molecule has 0 saturated carbocycles. The van der Waals surface area contributed by atoms with E-state index in [0.29, 0.717) is 5.54 Å². The molecule has 1 fully saturated rings. The molecule has 0 aliphatic carbocycles. The van der Waals surface area contributed by atoms with Crippen LogP contribution < -0.4 is 5.32 Å². The average Bonchev–Trinajstić information content (AvgIpc) is 2.18. The van der Waals surface area contributed by atoms with Crippen LogP contribution in [0, 0.1) is 0 Å². The largest absolute Gasteiger partial charge is 0.317 e. The third kappa shape index (κ3) is 2.68. The molecule has 0 radical (unpaired) electrons. The molecule has 1 N–H and O–H groups in total. The van der Waals surface area contributed by atoms with E-state index in [1.165, 1.54) is 32.4 Å². The smallest absolute Gasteiger partial charge is 0.0150 e. The van der Waals surface area contributed by atoms with Gasteiger partial charge >= 0.3 is 0 Å². The van der Waals surface area contributed by atoms with Gasteiger partial charge in [-0.05, 0) is 40.2 Å². The zero-order chi connectivity index (χ0) is 9.90. The highest BCUT2D eigenvalue weighted by Crippen LogP contribution is 2.23. The molecule has 2 heteroatoms. The number of hydrogen-bond donors (Lipinski definition) is 1. The first-order valence-electron chi connectivity index (χ1n) is 5.52. The minimum Gasteiger partial charge on any atom is -0.317 e. The maximum absolute atomic E-state index is 3.37. The van der Waals surface area contributed by atoms with Crippen LogP contribution >= 0.6 is 0 Å². The summed E-state index contributed by atoms with van der Waals surface area (Å²) >= 11 is 0. The van der Waals surface area contributed by atoms with Gasteiger partial charge in [-0.1, -0.05) is 6.92 Å². The number of hydrogen-bond acceptors (Lipinski definition) is 2. The molecule has 1 heterocycles. The van der Waals surface area contributed by atoms with Crippen LogP contribution in [0.25, 0.3) is 0 Å². The zero-order valence-corrected chi connectivity index (χ0v) is 9.56. The van der Waals surface area contributed by atoms with Crippen molar-refractivity contribution in [1.82, 2.24) is 10.2 Å². The van der Waals surface area contributed by atoms with Crippen LogP contribution in [0.4, 0.5) is 0 Å². The number of rotatable bonds is 3. The van der Waals surface area contributed by atoms with Crippen LogP contribution in [-0.4, -0.2) is 36.6 Å². The van der Waals surface area contributed by atoms with Crippen molar-refractivity contribution < 1.29 is 0 Å². The van der Waals surface area contributed by atoms with Crippen LogP contribution in [0.3, 0.4) is 0 Å². The van der Waals surface area contributed by atoms with E-state index in [1.54, 1.807) is 0 Å². The van der Waals surface area contributed by atoms with Crippen molar-refractivity contribution in [3.05, 3.63) is 0 Å². The molecule has 2 nitrogen and oxygen atoms in total. The maximum atomic E-state index is 3.37. The molecular formula is C11H24N2. The molecule has 13 heavy (non-hydrogen) atoms. The standard InChI is InChI=1S/C11H24N2/c1-5-11(2,3)13-8-6-10(12-4)7-9-13/h10,12H,5-9H2,1-4H3. The molecule has 1 aliphatic rings. The summed E-state index contributed by atoms with van der Waals surface area (Å²) in [6, 6.07) is 0.754. The molecule has 1 saturated heterocycles. The Labute approximate surface area is 82.7 Å². The second kappa shape index (κ2) is 4.43. The van der Waals surface area contributed by atoms with Crippen LogP contribution in [0.2, 0.25) is 0 Å². The molecule has 0 amide bonds. The predicted molar refractivity (Wildman–Crippen MR) is 58.0 cm³/mol. The van der Waals surface area contributed by atoms with Crippen molar-refractivity contribution in [2.45, 2.75) is 51.6 Å². The summed E-state index contributed by atoms with van der Waals surface area (Å²) in [6.07, 6.45) is 3.86. The van der Waals surface area contributed by atoms with Gasteiger partial charge in [0.05, 0.1) is 0 Å². The van der Waals surface area contributed by atoms with Gasteiger partial charge in [-0.25, -0.2) is 0 Å². The molecule has 0 atom stereocenters. The van der Waals surface area contributed by atoms with Crippen LogP contribution in [0.5, 0.6) is 0 Å². The highest BCUT2D eigenvalue weighted by Gasteiger charge is 2.28. The zero-order valence-electron chi connectivity index (χ0n) is 9.56. The van der Waals surface area contributed by atoms with E-state index in [4.69, 9.17) is 0 Å². The summed E-state index contributed by atoms with van der Waals surface area (Å²) in [4.78, 5) is 2.63. The SMILES string of the molecule is CCC(C)(C)N1CCC(NC)CC1. The lowest BCUT2D eigenvalue weighted by Crippen LogP contribution is -2.50.